The standard InChI is InChI=1S/C16H24N2O3/c1-10-7-12(15(17)18-19)8-11(2)14(10)20-9-13-5-6-16(3,4)21-13/h7-8,13,19H,5-6,9H2,1-4H3,(H2,17,18). The van der Waals surface area contributed by atoms with Gasteiger partial charge in [-0.15, -0.1) is 0 Å². The van der Waals surface area contributed by atoms with Crippen LogP contribution in [0.2, 0.25) is 0 Å². The lowest BCUT2D eigenvalue weighted by Gasteiger charge is -2.20. The first-order chi connectivity index (χ1) is 9.82. The number of nitrogens with two attached hydrogens (primary N) is 1. The summed E-state index contributed by atoms with van der Waals surface area (Å²) in [5.41, 5.74) is 8.20. The number of rotatable bonds is 4. The lowest BCUT2D eigenvalue weighted by Crippen LogP contribution is -2.24. The zero-order chi connectivity index (χ0) is 15.6. The molecule has 1 saturated heterocycles. The molecule has 1 aliphatic heterocycles. The molecule has 0 bridgehead atoms. The monoisotopic (exact) mass is 292 g/mol. The number of ether oxygens (including phenoxy) is 2. The molecule has 1 unspecified atom stereocenters. The second-order valence-corrected chi connectivity index (χ2v) is 6.27. The molecular formula is C16H24N2O3. The summed E-state index contributed by atoms with van der Waals surface area (Å²) in [6.45, 7) is 8.67. The smallest absolute Gasteiger partial charge is 0.170 e. The van der Waals surface area contributed by atoms with E-state index >= 15 is 0 Å². The van der Waals surface area contributed by atoms with Crippen LogP contribution in [0.3, 0.4) is 0 Å². The molecule has 3 N–H and O–H groups in total. The number of nitrogens with zero attached hydrogens (tertiary/aromatic N) is 1. The van der Waals surface area contributed by atoms with E-state index in [1.54, 1.807) is 0 Å². The van der Waals surface area contributed by atoms with Crippen molar-refractivity contribution < 1.29 is 14.7 Å². The van der Waals surface area contributed by atoms with E-state index in [4.69, 9.17) is 20.4 Å². The van der Waals surface area contributed by atoms with Gasteiger partial charge in [0.1, 0.15) is 12.4 Å². The summed E-state index contributed by atoms with van der Waals surface area (Å²) in [7, 11) is 0. The highest BCUT2D eigenvalue weighted by Crippen LogP contribution is 2.31. The molecule has 1 aromatic carbocycles. The minimum absolute atomic E-state index is 0.0476. The van der Waals surface area contributed by atoms with Crippen LogP contribution in [0.15, 0.2) is 17.3 Å². The first-order valence-electron chi connectivity index (χ1n) is 7.22. The zero-order valence-electron chi connectivity index (χ0n) is 13.1. The topological polar surface area (TPSA) is 77.1 Å². The Balaban J connectivity index is 2.07. The lowest BCUT2D eigenvalue weighted by atomic mass is 10.0. The maximum atomic E-state index is 8.75. The molecule has 1 heterocycles. The summed E-state index contributed by atoms with van der Waals surface area (Å²) < 4.78 is 11.9. The molecule has 0 spiro atoms. The minimum Gasteiger partial charge on any atom is -0.490 e. The third-order valence-electron chi connectivity index (χ3n) is 3.83. The summed E-state index contributed by atoms with van der Waals surface area (Å²) >= 11 is 0. The summed E-state index contributed by atoms with van der Waals surface area (Å²) in [5, 5.41) is 11.8. The summed E-state index contributed by atoms with van der Waals surface area (Å²) in [4.78, 5) is 0. The van der Waals surface area contributed by atoms with Crippen LogP contribution in [0.25, 0.3) is 0 Å². The van der Waals surface area contributed by atoms with Crippen molar-refractivity contribution in [2.75, 3.05) is 6.61 Å². The second kappa shape index (κ2) is 5.93. The fraction of sp³-hybridized carbons (Fsp3) is 0.562. The second-order valence-electron chi connectivity index (χ2n) is 6.27. The van der Waals surface area contributed by atoms with Gasteiger partial charge in [-0.3, -0.25) is 0 Å². The van der Waals surface area contributed by atoms with Gasteiger partial charge in [0, 0.05) is 5.56 Å². The summed E-state index contributed by atoms with van der Waals surface area (Å²) in [6, 6.07) is 3.72. The Bertz CT molecular complexity index is 529. The molecule has 1 fully saturated rings. The van der Waals surface area contributed by atoms with E-state index in [-0.39, 0.29) is 17.5 Å². The summed E-state index contributed by atoms with van der Waals surface area (Å²) in [5.74, 6) is 0.950. The van der Waals surface area contributed by atoms with Crippen molar-refractivity contribution in [3.8, 4) is 5.75 Å². The molecule has 0 saturated carbocycles. The van der Waals surface area contributed by atoms with Crippen molar-refractivity contribution in [3.63, 3.8) is 0 Å². The van der Waals surface area contributed by atoms with Crippen molar-refractivity contribution in [2.45, 2.75) is 52.2 Å². The highest BCUT2D eigenvalue weighted by atomic mass is 16.6. The highest BCUT2D eigenvalue weighted by molar-refractivity contribution is 5.97. The Morgan fingerprint density at radius 2 is 2.05 bits per heavy atom. The van der Waals surface area contributed by atoms with Gasteiger partial charge in [-0.1, -0.05) is 5.16 Å². The largest absolute Gasteiger partial charge is 0.490 e. The fourth-order valence-electron chi connectivity index (χ4n) is 2.75. The summed E-state index contributed by atoms with van der Waals surface area (Å²) in [6.07, 6.45) is 2.22. The van der Waals surface area contributed by atoms with Gasteiger partial charge >= 0.3 is 0 Å². The average Bonchev–Trinajstić information content (AvgIpc) is 2.76. The van der Waals surface area contributed by atoms with Crippen LogP contribution in [0, 0.1) is 13.8 Å². The van der Waals surface area contributed by atoms with E-state index in [0.29, 0.717) is 12.2 Å². The van der Waals surface area contributed by atoms with Gasteiger partial charge < -0.3 is 20.4 Å². The number of oxime groups is 1. The van der Waals surface area contributed by atoms with Gasteiger partial charge in [-0.2, -0.15) is 0 Å². The predicted molar refractivity (Wildman–Crippen MR) is 82.1 cm³/mol. The van der Waals surface area contributed by atoms with Crippen molar-refractivity contribution in [1.82, 2.24) is 0 Å². The van der Waals surface area contributed by atoms with E-state index < -0.39 is 0 Å². The maximum Gasteiger partial charge on any atom is 0.170 e. The Hall–Kier alpha value is -1.75. The van der Waals surface area contributed by atoms with Gasteiger partial charge in [0.25, 0.3) is 0 Å². The molecule has 5 nitrogen and oxygen atoms in total. The zero-order valence-corrected chi connectivity index (χ0v) is 13.1. The number of amidine groups is 1. The molecule has 0 aromatic heterocycles. The van der Waals surface area contributed by atoms with Crippen LogP contribution >= 0.6 is 0 Å². The fourth-order valence-corrected chi connectivity index (χ4v) is 2.75. The maximum absolute atomic E-state index is 8.75. The Morgan fingerprint density at radius 3 is 2.52 bits per heavy atom. The van der Waals surface area contributed by atoms with Gasteiger partial charge in [0.15, 0.2) is 5.84 Å². The van der Waals surface area contributed by atoms with Crippen LogP contribution in [0.4, 0.5) is 0 Å². The molecule has 0 aliphatic carbocycles. The molecule has 1 atom stereocenters. The molecule has 1 aromatic rings. The van der Waals surface area contributed by atoms with E-state index in [1.165, 1.54) is 0 Å². The van der Waals surface area contributed by atoms with Gasteiger partial charge in [-0.25, -0.2) is 0 Å². The van der Waals surface area contributed by atoms with Crippen molar-refractivity contribution in [3.05, 3.63) is 28.8 Å². The van der Waals surface area contributed by atoms with Gasteiger partial charge in [-0.05, 0) is 63.8 Å². The van der Waals surface area contributed by atoms with E-state index in [2.05, 4.69) is 19.0 Å². The normalized spacial score (nSPS) is 21.5. The number of benzene rings is 1. The Morgan fingerprint density at radius 1 is 1.43 bits per heavy atom. The van der Waals surface area contributed by atoms with E-state index in [0.717, 1.165) is 29.7 Å². The molecular weight excluding hydrogens is 268 g/mol. The van der Waals surface area contributed by atoms with Crippen molar-refractivity contribution in [1.29, 1.82) is 0 Å². The van der Waals surface area contributed by atoms with Crippen LogP contribution in [0.1, 0.15) is 43.4 Å². The minimum atomic E-state index is -0.0476. The van der Waals surface area contributed by atoms with E-state index in [1.807, 2.05) is 26.0 Å². The van der Waals surface area contributed by atoms with E-state index in [9.17, 15) is 0 Å². The third-order valence-corrected chi connectivity index (χ3v) is 3.83. The first kappa shape index (κ1) is 15.6. The molecule has 21 heavy (non-hydrogen) atoms. The number of hydrogen-bond donors (Lipinski definition) is 2. The highest BCUT2D eigenvalue weighted by Gasteiger charge is 2.32. The van der Waals surface area contributed by atoms with Crippen LogP contribution in [-0.4, -0.2) is 29.4 Å². The lowest BCUT2D eigenvalue weighted by molar-refractivity contribution is -0.0328. The Labute approximate surface area is 125 Å². The van der Waals surface area contributed by atoms with Crippen molar-refractivity contribution in [2.24, 2.45) is 10.9 Å². The third kappa shape index (κ3) is 3.67. The van der Waals surface area contributed by atoms with Crippen LogP contribution < -0.4 is 10.5 Å². The SMILES string of the molecule is Cc1cc(/C(N)=N/O)cc(C)c1OCC1CCC(C)(C)O1. The number of hydrogen-bond acceptors (Lipinski definition) is 4. The van der Waals surface area contributed by atoms with Crippen molar-refractivity contribution >= 4 is 5.84 Å². The molecule has 116 valence electrons. The van der Waals surface area contributed by atoms with Gasteiger partial charge in [0.05, 0.1) is 11.7 Å². The molecule has 0 amide bonds. The molecule has 1 aliphatic rings. The van der Waals surface area contributed by atoms with Crippen LogP contribution in [0.5, 0.6) is 5.75 Å². The quantitative estimate of drug-likeness (QED) is 0.387. The first-order valence-corrected chi connectivity index (χ1v) is 7.22. The number of aryl methyl sites for hydroxylation is 2. The average molecular weight is 292 g/mol. The molecule has 5 heteroatoms. The molecule has 0 radical (unpaired) electrons. The van der Waals surface area contributed by atoms with Gasteiger partial charge in [0.2, 0.25) is 0 Å². The predicted octanol–water partition coefficient (Wildman–Crippen LogP) is 2.73. The van der Waals surface area contributed by atoms with Crippen LogP contribution in [-0.2, 0) is 4.74 Å². The Kier molecular flexibility index (Phi) is 4.42. The molecule has 2 rings (SSSR count).